The first-order valence-electron chi connectivity index (χ1n) is 5.23. The summed E-state index contributed by atoms with van der Waals surface area (Å²) in [6, 6.07) is 7.46. The zero-order valence-electron chi connectivity index (χ0n) is 9.28. The molecular formula is C12H15F2NS. The highest BCUT2D eigenvalue weighted by atomic mass is 32.2. The number of thioether (sulfide) groups is 1. The Kier molecular flexibility index (Phi) is 2.97. The van der Waals surface area contributed by atoms with Crippen LogP contribution in [-0.4, -0.2) is 11.8 Å². The van der Waals surface area contributed by atoms with Crippen LogP contribution in [0, 0.1) is 5.41 Å². The summed E-state index contributed by atoms with van der Waals surface area (Å²) < 4.78 is 24.5. The highest BCUT2D eigenvalue weighted by Gasteiger charge is 2.56. The number of halogens is 2. The minimum atomic E-state index is -2.36. The Morgan fingerprint density at radius 3 is 2.50 bits per heavy atom. The summed E-state index contributed by atoms with van der Waals surface area (Å²) >= 11 is 0.585. The molecule has 4 heteroatoms. The third-order valence-electron chi connectivity index (χ3n) is 3.35. The maximum atomic E-state index is 12.2. The van der Waals surface area contributed by atoms with Crippen molar-refractivity contribution in [3.63, 3.8) is 0 Å². The van der Waals surface area contributed by atoms with Crippen LogP contribution < -0.4 is 5.73 Å². The fourth-order valence-corrected chi connectivity index (χ4v) is 2.77. The average Bonchev–Trinajstić information content (AvgIpc) is 2.65. The molecule has 1 nitrogen and oxygen atoms in total. The van der Waals surface area contributed by atoms with Gasteiger partial charge >= 0.3 is 0 Å². The Labute approximate surface area is 98.4 Å². The van der Waals surface area contributed by atoms with Crippen molar-refractivity contribution in [3.8, 4) is 0 Å². The summed E-state index contributed by atoms with van der Waals surface area (Å²) in [7, 11) is 0. The lowest BCUT2D eigenvalue weighted by Gasteiger charge is -2.05. The number of hydrogen-bond donors (Lipinski definition) is 1. The van der Waals surface area contributed by atoms with Crippen LogP contribution in [0.15, 0.2) is 29.2 Å². The summed E-state index contributed by atoms with van der Waals surface area (Å²) in [5.41, 5.74) is 7.14. The zero-order chi connectivity index (χ0) is 11.9. The van der Waals surface area contributed by atoms with Crippen molar-refractivity contribution in [2.24, 2.45) is 11.1 Å². The third-order valence-corrected chi connectivity index (χ3v) is 4.06. The van der Waals surface area contributed by atoms with E-state index in [0.717, 1.165) is 5.56 Å². The lowest BCUT2D eigenvalue weighted by atomic mass is 10.0. The lowest BCUT2D eigenvalue weighted by Crippen LogP contribution is -2.06. The topological polar surface area (TPSA) is 26.0 Å². The Morgan fingerprint density at radius 2 is 2.00 bits per heavy atom. The molecule has 0 unspecified atom stereocenters. The third kappa shape index (κ3) is 2.09. The van der Waals surface area contributed by atoms with E-state index < -0.39 is 5.76 Å². The van der Waals surface area contributed by atoms with Gasteiger partial charge in [0.25, 0.3) is 5.76 Å². The summed E-state index contributed by atoms with van der Waals surface area (Å²) in [5.74, 6) is -2.07. The van der Waals surface area contributed by atoms with Crippen molar-refractivity contribution in [1.29, 1.82) is 0 Å². The molecule has 1 fully saturated rings. The van der Waals surface area contributed by atoms with Crippen LogP contribution in [0.25, 0.3) is 0 Å². The maximum Gasteiger partial charge on any atom is 0.288 e. The van der Waals surface area contributed by atoms with Crippen molar-refractivity contribution in [3.05, 3.63) is 29.8 Å². The fraction of sp³-hybridized carbons (Fsp3) is 0.500. The van der Waals surface area contributed by atoms with Gasteiger partial charge in [0.2, 0.25) is 0 Å². The van der Waals surface area contributed by atoms with Crippen LogP contribution >= 0.6 is 11.8 Å². The van der Waals surface area contributed by atoms with E-state index in [9.17, 15) is 8.78 Å². The first-order chi connectivity index (χ1) is 7.43. The molecule has 1 saturated carbocycles. The fourth-order valence-electron chi connectivity index (χ4n) is 2.20. The molecule has 1 aliphatic rings. The standard InChI is InChI=1S/C12H15F2NS/c1-12(2)9(10(12)15)7-4-3-5-8(6-7)16-11(13)14/h3-6,9-11H,15H2,1-2H3/t9-,10-/m0/s1. The van der Waals surface area contributed by atoms with E-state index in [1.165, 1.54) is 0 Å². The Morgan fingerprint density at radius 1 is 1.38 bits per heavy atom. The molecule has 0 bridgehead atoms. The van der Waals surface area contributed by atoms with Crippen LogP contribution in [0.4, 0.5) is 8.78 Å². The molecule has 2 N–H and O–H groups in total. The van der Waals surface area contributed by atoms with Crippen molar-refractivity contribution in [2.75, 3.05) is 0 Å². The van der Waals surface area contributed by atoms with E-state index in [1.54, 1.807) is 6.07 Å². The van der Waals surface area contributed by atoms with Gasteiger partial charge in [0.05, 0.1) is 0 Å². The molecule has 2 rings (SSSR count). The van der Waals surface area contributed by atoms with Crippen LogP contribution in [0.3, 0.4) is 0 Å². The van der Waals surface area contributed by atoms with Gasteiger partial charge in [0, 0.05) is 16.9 Å². The highest BCUT2D eigenvalue weighted by Crippen LogP contribution is 2.57. The van der Waals surface area contributed by atoms with Crippen molar-refractivity contribution >= 4 is 11.8 Å². The molecule has 0 saturated heterocycles. The minimum absolute atomic E-state index is 0.0914. The molecule has 1 aromatic carbocycles. The van der Waals surface area contributed by atoms with Crippen LogP contribution in [0.1, 0.15) is 25.3 Å². The van der Waals surface area contributed by atoms with E-state index in [4.69, 9.17) is 5.73 Å². The van der Waals surface area contributed by atoms with Crippen molar-refractivity contribution in [1.82, 2.24) is 0 Å². The molecule has 1 aliphatic carbocycles. The van der Waals surface area contributed by atoms with E-state index in [0.29, 0.717) is 22.6 Å². The predicted octanol–water partition coefficient (Wildman–Crippen LogP) is 3.45. The van der Waals surface area contributed by atoms with Gasteiger partial charge in [-0.3, -0.25) is 0 Å². The van der Waals surface area contributed by atoms with Gasteiger partial charge in [-0.15, -0.1) is 0 Å². The highest BCUT2D eigenvalue weighted by molar-refractivity contribution is 7.99. The maximum absolute atomic E-state index is 12.2. The summed E-state index contributed by atoms with van der Waals surface area (Å²) in [6.45, 7) is 4.21. The number of rotatable bonds is 3. The Balaban J connectivity index is 2.18. The molecule has 0 amide bonds. The van der Waals surface area contributed by atoms with Crippen molar-refractivity contribution in [2.45, 2.75) is 36.5 Å². The van der Waals surface area contributed by atoms with Gasteiger partial charge in [-0.2, -0.15) is 8.78 Å². The summed E-state index contributed by atoms with van der Waals surface area (Å²) in [6.07, 6.45) is 0. The minimum Gasteiger partial charge on any atom is -0.327 e. The molecule has 0 aliphatic heterocycles. The van der Waals surface area contributed by atoms with Gasteiger partial charge in [-0.05, 0) is 23.1 Å². The second-order valence-corrected chi connectivity index (χ2v) is 5.84. The van der Waals surface area contributed by atoms with E-state index in [2.05, 4.69) is 13.8 Å². The summed E-state index contributed by atoms with van der Waals surface area (Å²) in [5, 5.41) is 0. The lowest BCUT2D eigenvalue weighted by molar-refractivity contribution is 0.252. The zero-order valence-corrected chi connectivity index (χ0v) is 10.1. The van der Waals surface area contributed by atoms with Gasteiger partial charge < -0.3 is 5.73 Å². The monoisotopic (exact) mass is 243 g/mol. The molecule has 0 radical (unpaired) electrons. The SMILES string of the molecule is CC1(C)[C@@H](N)[C@@H]1c1cccc(SC(F)F)c1. The summed E-state index contributed by atoms with van der Waals surface area (Å²) in [4.78, 5) is 0.613. The van der Waals surface area contributed by atoms with E-state index in [-0.39, 0.29) is 11.5 Å². The van der Waals surface area contributed by atoms with Crippen LogP contribution in [-0.2, 0) is 0 Å². The Bertz CT molecular complexity index is 392. The quantitative estimate of drug-likeness (QED) is 0.823. The second kappa shape index (κ2) is 4.00. The molecule has 0 spiro atoms. The molecule has 16 heavy (non-hydrogen) atoms. The van der Waals surface area contributed by atoms with Gasteiger partial charge in [0.1, 0.15) is 0 Å². The van der Waals surface area contributed by atoms with Crippen LogP contribution in [0.5, 0.6) is 0 Å². The first kappa shape index (κ1) is 11.9. The van der Waals surface area contributed by atoms with Crippen molar-refractivity contribution < 1.29 is 8.78 Å². The van der Waals surface area contributed by atoms with Crippen LogP contribution in [0.2, 0.25) is 0 Å². The average molecular weight is 243 g/mol. The van der Waals surface area contributed by atoms with Gasteiger partial charge in [-0.25, -0.2) is 0 Å². The first-order valence-corrected chi connectivity index (χ1v) is 6.11. The Hall–Kier alpha value is -0.610. The number of nitrogens with two attached hydrogens (primary N) is 1. The van der Waals surface area contributed by atoms with E-state index in [1.807, 2.05) is 18.2 Å². The predicted molar refractivity (Wildman–Crippen MR) is 62.8 cm³/mol. The second-order valence-electron chi connectivity index (χ2n) is 4.78. The van der Waals surface area contributed by atoms with Gasteiger partial charge in [-0.1, -0.05) is 37.7 Å². The molecule has 2 atom stereocenters. The van der Waals surface area contributed by atoms with Gasteiger partial charge in [0.15, 0.2) is 0 Å². The molecule has 88 valence electrons. The normalized spacial score (nSPS) is 27.1. The largest absolute Gasteiger partial charge is 0.327 e. The van der Waals surface area contributed by atoms with E-state index >= 15 is 0 Å². The molecule has 1 aromatic rings. The number of benzene rings is 1. The smallest absolute Gasteiger partial charge is 0.288 e. The molecule has 0 aromatic heterocycles. The molecular weight excluding hydrogens is 228 g/mol. The molecule has 0 heterocycles. The number of hydrogen-bond acceptors (Lipinski definition) is 2. The number of alkyl halides is 2.